The number of rotatable bonds is 6. The molecule has 2 aromatic rings. The Morgan fingerprint density at radius 2 is 2.21 bits per heavy atom. The maximum absolute atomic E-state index is 9.62. The highest BCUT2D eigenvalue weighted by molar-refractivity contribution is 7.11. The molecule has 102 valence electrons. The van der Waals surface area contributed by atoms with Gasteiger partial charge < -0.3 is 15.2 Å². The van der Waals surface area contributed by atoms with E-state index in [1.54, 1.807) is 17.4 Å². The molecule has 19 heavy (non-hydrogen) atoms. The fourth-order valence-corrected chi connectivity index (χ4v) is 2.52. The monoisotopic (exact) mass is 278 g/mol. The highest BCUT2D eigenvalue weighted by atomic mass is 32.1. The zero-order valence-corrected chi connectivity index (χ0v) is 12.0. The van der Waals surface area contributed by atoms with Crippen molar-refractivity contribution in [1.29, 1.82) is 0 Å². The summed E-state index contributed by atoms with van der Waals surface area (Å²) in [4.78, 5) is 5.44. The quantitative estimate of drug-likeness (QED) is 0.853. The van der Waals surface area contributed by atoms with Gasteiger partial charge in [0.1, 0.15) is 0 Å². The minimum absolute atomic E-state index is 0.184. The lowest BCUT2D eigenvalue weighted by molar-refractivity contribution is 0.317. The van der Waals surface area contributed by atoms with Crippen LogP contribution in [0.4, 0.5) is 0 Å². The van der Waals surface area contributed by atoms with E-state index in [1.165, 1.54) is 4.88 Å². The molecule has 0 amide bonds. The molecule has 0 bridgehead atoms. The number of benzene rings is 1. The van der Waals surface area contributed by atoms with E-state index >= 15 is 0 Å². The highest BCUT2D eigenvalue weighted by Crippen LogP contribution is 2.26. The second-order valence-electron chi connectivity index (χ2n) is 4.18. The van der Waals surface area contributed by atoms with Crippen molar-refractivity contribution in [2.75, 3.05) is 6.61 Å². The number of aromatic hydroxyl groups is 1. The Balaban J connectivity index is 1.90. The lowest BCUT2D eigenvalue weighted by Crippen LogP contribution is -2.11. The van der Waals surface area contributed by atoms with Gasteiger partial charge in [-0.3, -0.25) is 0 Å². The molecular formula is C14H18N2O2S. The lowest BCUT2D eigenvalue weighted by atomic mass is 10.2. The van der Waals surface area contributed by atoms with Crippen LogP contribution >= 0.6 is 11.3 Å². The number of aromatic nitrogens is 1. The van der Waals surface area contributed by atoms with Gasteiger partial charge in [0.2, 0.25) is 0 Å². The Labute approximate surface area is 117 Å². The summed E-state index contributed by atoms with van der Waals surface area (Å²) in [6, 6.07) is 5.42. The Morgan fingerprint density at radius 3 is 2.89 bits per heavy atom. The van der Waals surface area contributed by atoms with Gasteiger partial charge in [-0.2, -0.15) is 0 Å². The molecular weight excluding hydrogens is 260 g/mol. The molecule has 2 rings (SSSR count). The third-order valence-corrected chi connectivity index (χ3v) is 3.53. The first-order valence-electron chi connectivity index (χ1n) is 6.25. The third kappa shape index (κ3) is 3.94. The van der Waals surface area contributed by atoms with E-state index in [4.69, 9.17) is 4.74 Å². The van der Waals surface area contributed by atoms with Gasteiger partial charge in [0.25, 0.3) is 0 Å². The Bertz CT molecular complexity index is 540. The van der Waals surface area contributed by atoms with Crippen molar-refractivity contribution in [3.63, 3.8) is 0 Å². The molecule has 1 aromatic carbocycles. The van der Waals surface area contributed by atoms with Crippen LogP contribution in [0.2, 0.25) is 0 Å². The SMILES string of the molecule is CCOc1cc(CNCc2cnc(C)s2)ccc1O. The molecule has 2 N–H and O–H groups in total. The van der Waals surface area contributed by atoms with Crippen molar-refractivity contribution in [2.45, 2.75) is 26.9 Å². The van der Waals surface area contributed by atoms with Gasteiger partial charge in [0.05, 0.1) is 11.6 Å². The molecule has 1 aromatic heterocycles. The topological polar surface area (TPSA) is 54.4 Å². The summed E-state index contributed by atoms with van der Waals surface area (Å²) in [5.74, 6) is 0.721. The zero-order chi connectivity index (χ0) is 13.7. The van der Waals surface area contributed by atoms with Crippen molar-refractivity contribution < 1.29 is 9.84 Å². The number of phenolic OH excluding ortho intramolecular Hbond substituents is 1. The maximum Gasteiger partial charge on any atom is 0.161 e. The largest absolute Gasteiger partial charge is 0.504 e. The van der Waals surface area contributed by atoms with Crippen LogP contribution in [0.1, 0.15) is 22.4 Å². The maximum atomic E-state index is 9.62. The van der Waals surface area contributed by atoms with Crippen LogP contribution in [0.15, 0.2) is 24.4 Å². The van der Waals surface area contributed by atoms with Gasteiger partial charge in [-0.25, -0.2) is 4.98 Å². The molecule has 0 saturated carbocycles. The predicted molar refractivity (Wildman–Crippen MR) is 76.7 cm³/mol. The van der Waals surface area contributed by atoms with Crippen LogP contribution in [0, 0.1) is 6.92 Å². The molecule has 4 nitrogen and oxygen atoms in total. The summed E-state index contributed by atoms with van der Waals surface area (Å²) in [6.45, 7) is 5.98. The summed E-state index contributed by atoms with van der Waals surface area (Å²) in [7, 11) is 0. The fourth-order valence-electron chi connectivity index (χ4n) is 1.76. The van der Waals surface area contributed by atoms with Crippen LogP contribution in [0.25, 0.3) is 0 Å². The number of ether oxygens (including phenoxy) is 1. The highest BCUT2D eigenvalue weighted by Gasteiger charge is 2.04. The first-order valence-corrected chi connectivity index (χ1v) is 7.07. The molecule has 0 aliphatic rings. The van der Waals surface area contributed by atoms with E-state index < -0.39 is 0 Å². The van der Waals surface area contributed by atoms with Crippen molar-refractivity contribution in [1.82, 2.24) is 10.3 Å². The smallest absolute Gasteiger partial charge is 0.161 e. The second kappa shape index (κ2) is 6.54. The summed E-state index contributed by atoms with van der Waals surface area (Å²) in [5, 5.41) is 14.1. The average molecular weight is 278 g/mol. The molecule has 0 aliphatic carbocycles. The summed E-state index contributed by atoms with van der Waals surface area (Å²) >= 11 is 1.70. The molecule has 0 unspecified atom stereocenters. The van der Waals surface area contributed by atoms with Gasteiger partial charge in [-0.05, 0) is 31.5 Å². The predicted octanol–water partition coefficient (Wildman–Crippen LogP) is 2.85. The van der Waals surface area contributed by atoms with E-state index in [0.717, 1.165) is 23.7 Å². The number of hydrogen-bond acceptors (Lipinski definition) is 5. The van der Waals surface area contributed by atoms with E-state index in [2.05, 4.69) is 10.3 Å². The normalized spacial score (nSPS) is 10.6. The number of hydrogen-bond donors (Lipinski definition) is 2. The van der Waals surface area contributed by atoms with Gasteiger partial charge in [-0.1, -0.05) is 6.07 Å². The molecule has 0 atom stereocenters. The van der Waals surface area contributed by atoms with Crippen molar-refractivity contribution in [3.8, 4) is 11.5 Å². The van der Waals surface area contributed by atoms with Crippen LogP contribution in [0.3, 0.4) is 0 Å². The number of phenols is 1. The number of nitrogens with zero attached hydrogens (tertiary/aromatic N) is 1. The van der Waals surface area contributed by atoms with Crippen molar-refractivity contribution in [3.05, 3.63) is 39.8 Å². The molecule has 5 heteroatoms. The molecule has 0 radical (unpaired) electrons. The summed E-state index contributed by atoms with van der Waals surface area (Å²) < 4.78 is 5.36. The zero-order valence-electron chi connectivity index (χ0n) is 11.1. The molecule has 1 heterocycles. The van der Waals surface area contributed by atoms with Gasteiger partial charge >= 0.3 is 0 Å². The van der Waals surface area contributed by atoms with Crippen LogP contribution in [0.5, 0.6) is 11.5 Å². The van der Waals surface area contributed by atoms with Gasteiger partial charge in [0.15, 0.2) is 11.5 Å². The molecule has 0 fully saturated rings. The third-order valence-electron chi connectivity index (χ3n) is 2.62. The van der Waals surface area contributed by atoms with Crippen molar-refractivity contribution >= 4 is 11.3 Å². The molecule has 0 aliphatic heterocycles. The second-order valence-corrected chi connectivity index (χ2v) is 5.50. The lowest BCUT2D eigenvalue weighted by Gasteiger charge is -2.08. The average Bonchev–Trinajstić information content (AvgIpc) is 2.79. The van der Waals surface area contributed by atoms with Crippen LogP contribution in [-0.4, -0.2) is 16.7 Å². The first-order chi connectivity index (χ1) is 9.19. The van der Waals surface area contributed by atoms with Crippen molar-refractivity contribution in [2.24, 2.45) is 0 Å². The van der Waals surface area contributed by atoms with E-state index in [-0.39, 0.29) is 5.75 Å². The summed E-state index contributed by atoms with van der Waals surface area (Å²) in [5.41, 5.74) is 1.09. The summed E-state index contributed by atoms with van der Waals surface area (Å²) in [6.07, 6.45) is 1.90. The minimum atomic E-state index is 0.184. The van der Waals surface area contributed by atoms with Gasteiger partial charge in [-0.15, -0.1) is 11.3 Å². The Hall–Kier alpha value is -1.59. The van der Waals surface area contributed by atoms with E-state index in [0.29, 0.717) is 12.4 Å². The fraction of sp³-hybridized carbons (Fsp3) is 0.357. The minimum Gasteiger partial charge on any atom is -0.504 e. The van der Waals surface area contributed by atoms with Crippen LogP contribution in [-0.2, 0) is 13.1 Å². The Kier molecular flexibility index (Phi) is 4.76. The van der Waals surface area contributed by atoms with E-state index in [9.17, 15) is 5.11 Å². The molecule has 0 saturated heterocycles. The Morgan fingerprint density at radius 1 is 1.37 bits per heavy atom. The van der Waals surface area contributed by atoms with Gasteiger partial charge in [0, 0.05) is 24.2 Å². The molecule has 0 spiro atoms. The first kappa shape index (κ1) is 13.8. The number of thiazole rings is 1. The van der Waals surface area contributed by atoms with Crippen LogP contribution < -0.4 is 10.1 Å². The number of aryl methyl sites for hydroxylation is 1. The van der Waals surface area contributed by atoms with E-state index in [1.807, 2.05) is 32.2 Å². The standard InChI is InChI=1S/C14H18N2O2S/c1-3-18-14-6-11(4-5-13(14)17)7-15-8-12-9-16-10(2)19-12/h4-6,9,15,17H,3,7-8H2,1-2H3. The number of nitrogens with one attached hydrogen (secondary N) is 1.